The summed E-state index contributed by atoms with van der Waals surface area (Å²) in [6.45, 7) is 1.21. The number of aromatic carboxylic acids is 1. The molecule has 0 unspecified atom stereocenters. The van der Waals surface area contributed by atoms with E-state index < -0.39 is 24.3 Å². The van der Waals surface area contributed by atoms with Gasteiger partial charge in [0.25, 0.3) is 0 Å². The second kappa shape index (κ2) is 8.15. The van der Waals surface area contributed by atoms with Crippen LogP contribution in [-0.2, 0) is 12.8 Å². The number of methoxy groups -OCH3 is 1. The summed E-state index contributed by atoms with van der Waals surface area (Å²) in [5, 5.41) is 10.2. The number of halogens is 3. The first-order chi connectivity index (χ1) is 15.2. The SMILES string of the molecule is COc1cc2c(cn1)ncn2-c1sc(C(=O)O)c(OCc2ccccc2C(F)(F)F)c1C. The summed E-state index contributed by atoms with van der Waals surface area (Å²) in [5.41, 5.74) is 0.744. The molecule has 0 saturated carbocycles. The number of carboxylic acid groups (broad SMARTS) is 1. The predicted octanol–water partition coefficient (Wildman–Crippen LogP) is 5.10. The van der Waals surface area contributed by atoms with E-state index in [0.29, 0.717) is 27.5 Å². The zero-order valence-corrected chi connectivity index (χ0v) is 17.6. The van der Waals surface area contributed by atoms with E-state index in [-0.39, 0.29) is 16.2 Å². The van der Waals surface area contributed by atoms with Gasteiger partial charge in [0, 0.05) is 17.2 Å². The third-order valence-corrected chi connectivity index (χ3v) is 6.05. The average molecular weight is 463 g/mol. The molecule has 166 valence electrons. The van der Waals surface area contributed by atoms with Gasteiger partial charge in [-0.2, -0.15) is 13.2 Å². The predicted molar refractivity (Wildman–Crippen MR) is 111 cm³/mol. The Balaban J connectivity index is 1.75. The number of rotatable bonds is 6. The normalized spacial score (nSPS) is 11.7. The largest absolute Gasteiger partial charge is 0.487 e. The van der Waals surface area contributed by atoms with Gasteiger partial charge < -0.3 is 14.6 Å². The summed E-state index contributed by atoms with van der Waals surface area (Å²) in [6, 6.07) is 6.67. The molecule has 1 aromatic carbocycles. The minimum atomic E-state index is -4.55. The molecule has 0 saturated heterocycles. The number of carbonyl (C=O) groups is 1. The summed E-state index contributed by atoms with van der Waals surface area (Å²) < 4.78 is 52.3. The van der Waals surface area contributed by atoms with Gasteiger partial charge in [0.15, 0.2) is 4.88 Å². The number of aromatic nitrogens is 3. The van der Waals surface area contributed by atoms with Crippen molar-refractivity contribution in [3.63, 3.8) is 0 Å². The third-order valence-electron chi connectivity index (χ3n) is 4.79. The van der Waals surface area contributed by atoms with Crippen molar-refractivity contribution in [3.8, 4) is 16.6 Å². The first-order valence-electron chi connectivity index (χ1n) is 9.22. The Hall–Kier alpha value is -3.60. The van der Waals surface area contributed by atoms with E-state index in [0.717, 1.165) is 17.4 Å². The monoisotopic (exact) mass is 463 g/mol. The van der Waals surface area contributed by atoms with E-state index in [4.69, 9.17) is 9.47 Å². The lowest BCUT2D eigenvalue weighted by Crippen LogP contribution is -2.11. The van der Waals surface area contributed by atoms with Crippen LogP contribution < -0.4 is 9.47 Å². The zero-order valence-electron chi connectivity index (χ0n) is 16.8. The molecule has 0 aliphatic carbocycles. The maximum atomic E-state index is 13.3. The molecule has 1 N–H and O–H groups in total. The van der Waals surface area contributed by atoms with Crippen molar-refractivity contribution in [2.24, 2.45) is 0 Å². The minimum Gasteiger partial charge on any atom is -0.487 e. The van der Waals surface area contributed by atoms with Gasteiger partial charge >= 0.3 is 12.1 Å². The van der Waals surface area contributed by atoms with E-state index in [1.807, 2.05) is 0 Å². The number of pyridine rings is 1. The Bertz CT molecular complexity index is 1310. The van der Waals surface area contributed by atoms with Crippen molar-refractivity contribution in [2.45, 2.75) is 19.7 Å². The molecule has 4 aromatic rings. The first kappa shape index (κ1) is 21.6. The van der Waals surface area contributed by atoms with Crippen LogP contribution in [0.15, 0.2) is 42.9 Å². The second-order valence-electron chi connectivity index (χ2n) is 6.77. The molecule has 0 aliphatic heterocycles. The topological polar surface area (TPSA) is 86.5 Å². The smallest absolute Gasteiger partial charge is 0.416 e. The fourth-order valence-corrected chi connectivity index (χ4v) is 4.35. The molecule has 0 bridgehead atoms. The molecule has 0 aliphatic rings. The Kier molecular flexibility index (Phi) is 5.51. The van der Waals surface area contributed by atoms with Crippen LogP contribution in [0, 0.1) is 6.92 Å². The van der Waals surface area contributed by atoms with Gasteiger partial charge in [0.05, 0.1) is 24.4 Å². The average Bonchev–Trinajstić information content (AvgIpc) is 3.32. The molecule has 7 nitrogen and oxygen atoms in total. The number of carboxylic acids is 1. The van der Waals surface area contributed by atoms with Crippen molar-refractivity contribution in [2.75, 3.05) is 7.11 Å². The van der Waals surface area contributed by atoms with E-state index in [9.17, 15) is 23.1 Å². The Morgan fingerprint density at radius 2 is 2.00 bits per heavy atom. The molecule has 0 atom stereocenters. The van der Waals surface area contributed by atoms with Crippen molar-refractivity contribution in [3.05, 3.63) is 64.4 Å². The van der Waals surface area contributed by atoms with Gasteiger partial charge in [-0.15, -0.1) is 11.3 Å². The van der Waals surface area contributed by atoms with Crippen molar-refractivity contribution in [1.29, 1.82) is 0 Å². The number of ether oxygens (including phenoxy) is 2. The maximum Gasteiger partial charge on any atom is 0.416 e. The van der Waals surface area contributed by atoms with E-state index in [1.165, 1.54) is 37.8 Å². The summed E-state index contributed by atoms with van der Waals surface area (Å²) in [6.07, 6.45) is -1.51. The summed E-state index contributed by atoms with van der Waals surface area (Å²) in [5.74, 6) is -0.878. The highest BCUT2D eigenvalue weighted by Crippen LogP contribution is 2.40. The number of nitrogens with zero attached hydrogens (tertiary/aromatic N) is 3. The van der Waals surface area contributed by atoms with Gasteiger partial charge in [0.1, 0.15) is 29.2 Å². The van der Waals surface area contributed by atoms with Crippen LogP contribution in [0.5, 0.6) is 11.6 Å². The maximum absolute atomic E-state index is 13.3. The molecule has 32 heavy (non-hydrogen) atoms. The summed E-state index contributed by atoms with van der Waals surface area (Å²) >= 11 is 0.940. The van der Waals surface area contributed by atoms with E-state index in [1.54, 1.807) is 17.6 Å². The molecule has 0 fully saturated rings. The van der Waals surface area contributed by atoms with E-state index >= 15 is 0 Å². The van der Waals surface area contributed by atoms with Crippen LogP contribution in [0.3, 0.4) is 0 Å². The lowest BCUT2D eigenvalue weighted by Gasteiger charge is -2.14. The summed E-state index contributed by atoms with van der Waals surface area (Å²) in [4.78, 5) is 20.1. The van der Waals surface area contributed by atoms with Gasteiger partial charge in [-0.25, -0.2) is 14.8 Å². The Morgan fingerprint density at radius 3 is 2.69 bits per heavy atom. The number of hydrogen-bond acceptors (Lipinski definition) is 6. The van der Waals surface area contributed by atoms with Gasteiger partial charge in [-0.05, 0) is 13.0 Å². The number of hydrogen-bond donors (Lipinski definition) is 1. The zero-order chi connectivity index (χ0) is 23.0. The molecule has 0 radical (unpaired) electrons. The van der Waals surface area contributed by atoms with Gasteiger partial charge in [-0.3, -0.25) is 4.57 Å². The van der Waals surface area contributed by atoms with Crippen LogP contribution >= 0.6 is 11.3 Å². The van der Waals surface area contributed by atoms with E-state index in [2.05, 4.69) is 9.97 Å². The highest BCUT2D eigenvalue weighted by atomic mass is 32.1. The Morgan fingerprint density at radius 1 is 1.25 bits per heavy atom. The molecular formula is C21H16F3N3O4S. The highest BCUT2D eigenvalue weighted by molar-refractivity contribution is 7.17. The lowest BCUT2D eigenvalue weighted by atomic mass is 10.1. The number of alkyl halides is 3. The Labute approximate surface area is 183 Å². The van der Waals surface area contributed by atoms with Crippen molar-refractivity contribution < 1.29 is 32.5 Å². The molecule has 3 heterocycles. The van der Waals surface area contributed by atoms with Crippen LogP contribution in [0.4, 0.5) is 13.2 Å². The fourth-order valence-electron chi connectivity index (χ4n) is 3.27. The molecule has 4 rings (SSSR count). The van der Waals surface area contributed by atoms with Gasteiger partial charge in [-0.1, -0.05) is 18.2 Å². The third kappa shape index (κ3) is 3.86. The van der Waals surface area contributed by atoms with Gasteiger partial charge in [0.2, 0.25) is 5.88 Å². The number of thiophene rings is 1. The lowest BCUT2D eigenvalue weighted by molar-refractivity contribution is -0.138. The quantitative estimate of drug-likeness (QED) is 0.428. The number of imidazole rings is 1. The molecule has 0 spiro atoms. The fraction of sp³-hybridized carbons (Fsp3) is 0.190. The first-order valence-corrected chi connectivity index (χ1v) is 10.0. The molecule has 0 amide bonds. The standard InChI is InChI=1S/C21H16F3N3O4S/c1-11-17(31-9-12-5-3-4-6-13(12)21(22,23)24)18(20(28)29)32-19(11)27-10-26-14-8-25-16(30-2)7-15(14)27/h3-8,10H,9H2,1-2H3,(H,28,29). The van der Waals surface area contributed by atoms with Crippen LogP contribution in [-0.4, -0.2) is 32.7 Å². The molecular weight excluding hydrogens is 447 g/mol. The number of benzene rings is 1. The van der Waals surface area contributed by atoms with Crippen molar-refractivity contribution in [1.82, 2.24) is 14.5 Å². The van der Waals surface area contributed by atoms with Crippen LogP contribution in [0.25, 0.3) is 16.0 Å². The molecule has 11 heteroatoms. The highest BCUT2D eigenvalue weighted by Gasteiger charge is 2.33. The van der Waals surface area contributed by atoms with Crippen molar-refractivity contribution >= 4 is 28.3 Å². The minimum absolute atomic E-state index is 0.0114. The number of fused-ring (bicyclic) bond motifs is 1. The summed E-state index contributed by atoms with van der Waals surface area (Å²) in [7, 11) is 1.47. The van der Waals surface area contributed by atoms with Crippen LogP contribution in [0.2, 0.25) is 0 Å². The van der Waals surface area contributed by atoms with Crippen LogP contribution in [0.1, 0.15) is 26.4 Å². The molecule has 3 aromatic heterocycles. The second-order valence-corrected chi connectivity index (χ2v) is 7.77.